The normalized spacial score (nSPS) is 13.7. The number of carboxylic acids is 3. The van der Waals surface area contributed by atoms with Gasteiger partial charge in [0.25, 0.3) is 17.7 Å². The molecule has 25 nitrogen and oxygen atoms in total. The Labute approximate surface area is 842 Å². The number of carboxylic acid groups (broad SMARTS) is 3. The van der Waals surface area contributed by atoms with Crippen molar-refractivity contribution >= 4 is 109 Å². The summed E-state index contributed by atoms with van der Waals surface area (Å²) in [6, 6.07) is 50.1. The highest BCUT2D eigenvalue weighted by Gasteiger charge is 2.37. The topological polar surface area (TPSA) is 272 Å². The summed E-state index contributed by atoms with van der Waals surface area (Å²) in [7, 11) is 5.88. The summed E-state index contributed by atoms with van der Waals surface area (Å²) in [4.78, 5) is 86.9. The van der Waals surface area contributed by atoms with Crippen LogP contribution in [0.4, 0.5) is 5.69 Å². The average Bonchev–Trinajstić information content (AvgIpc) is 1.58. The maximum absolute atomic E-state index is 14.8. The van der Waals surface area contributed by atoms with Gasteiger partial charge >= 0.3 is 17.9 Å². The molecule has 9 aromatic carbocycles. The first-order chi connectivity index (χ1) is 68.1. The van der Waals surface area contributed by atoms with Gasteiger partial charge in [-0.2, -0.15) is 15.3 Å². The number of benzene rings is 9. The number of ether oxygens (including phenoxy) is 3. The molecule has 0 unspecified atom stereocenters. The molecule has 10 heterocycles. The van der Waals surface area contributed by atoms with E-state index < -0.39 is 17.9 Å². The van der Waals surface area contributed by atoms with Crippen LogP contribution >= 0.6 is 34.8 Å². The summed E-state index contributed by atoms with van der Waals surface area (Å²) in [5.74, 6) is -0.667. The van der Waals surface area contributed by atoms with Gasteiger partial charge in [-0.05, 0) is 287 Å². The predicted octanol–water partition coefficient (Wildman–Crippen LogP) is 23.3. The van der Waals surface area contributed by atoms with Gasteiger partial charge < -0.3 is 62.8 Å². The van der Waals surface area contributed by atoms with Gasteiger partial charge in [-0.15, -0.1) is 0 Å². The van der Waals surface area contributed by atoms with Crippen molar-refractivity contribution in [1.29, 1.82) is 0 Å². The number of hydrogen-bond acceptors (Lipinski definition) is 13. The van der Waals surface area contributed by atoms with Crippen LogP contribution in [-0.2, 0) is 79.7 Å². The van der Waals surface area contributed by atoms with Gasteiger partial charge in [-0.1, -0.05) is 120 Å². The van der Waals surface area contributed by atoms with Crippen LogP contribution in [0.15, 0.2) is 158 Å². The van der Waals surface area contributed by atoms with Crippen molar-refractivity contribution in [2.45, 2.75) is 187 Å². The Morgan fingerprint density at radius 1 is 0.352 bits per heavy atom. The van der Waals surface area contributed by atoms with Gasteiger partial charge in [-0.3, -0.25) is 28.4 Å². The standard InChI is InChI=1S/C41H46ClN5O4.C37H39ClN4O4.C36H37ClN4O4/c1-25-21-30(22-26(2)37(25)42)51-20-9-13-32-31-11-8-12-33(36-27(3)43-44(5)28(36)4)38(31)47-19-10-18-46(40(48)39(32)47)24-29-14-15-35(34(23-29)41(49)50)45-16-6-7-17-45;1-22-18-28(19-23(2)33(22)38)46-17-8-14-30-29-12-7-13-31(32-24(3)39-40(5)25(32)4)34(29)42-16-9-15-41(36(43)35(30)42)21-26-10-6-11-27(20-26)37(44)45;1-21-17-27(18-22(2)32(21)37)45-16-8-13-29-28-11-7-12-30(31-23(3)38-39(5)24(31)4)33(28)41-15-14-40(35(42)34(29)41)20-25-9-6-10-26(19-25)36(43)44/h8,11-12,14-15,21-23H,6-7,9-10,13,16-20,24H2,1-5H3,(H,49,50);6-7,10-13,18-20H,8-9,14-17,21H2,1-5H3,(H,44,45);6-7,9-12,17-19H,8,13-16,20H2,1-5H3,(H,43,44). The molecule has 0 aliphatic carbocycles. The molecule has 3 amide bonds. The number of carbonyl (C=O) groups excluding carboxylic acids is 3. The van der Waals surface area contributed by atoms with E-state index in [0.29, 0.717) is 121 Å². The number of aromatic carboxylic acids is 3. The van der Waals surface area contributed by atoms with Crippen molar-refractivity contribution < 1.29 is 58.3 Å². The average molecular weight is 1970 g/mol. The van der Waals surface area contributed by atoms with Gasteiger partial charge in [0, 0.05) is 175 Å². The first kappa shape index (κ1) is 99.7. The Morgan fingerprint density at radius 2 is 0.669 bits per heavy atom. The minimum atomic E-state index is -0.983. The molecule has 1 saturated heterocycles. The van der Waals surface area contributed by atoms with Crippen LogP contribution in [0.2, 0.25) is 15.1 Å². The molecule has 15 aromatic rings. The molecule has 6 aromatic heterocycles. The molecule has 4 aliphatic rings. The molecule has 0 radical (unpaired) electrons. The fourth-order valence-electron chi connectivity index (χ4n) is 21.6. The lowest BCUT2D eigenvalue weighted by Crippen LogP contribution is -2.40. The molecule has 0 spiro atoms. The van der Waals surface area contributed by atoms with E-state index in [1.807, 2.05) is 173 Å². The number of nitrogens with zero attached hydrogens (tertiary/aromatic N) is 13. The minimum Gasteiger partial charge on any atom is -0.494 e. The second kappa shape index (κ2) is 42.1. The van der Waals surface area contributed by atoms with E-state index in [0.717, 1.165) is 263 Å². The van der Waals surface area contributed by atoms with Gasteiger partial charge in [0.1, 0.15) is 34.3 Å². The maximum Gasteiger partial charge on any atom is 0.337 e. The fourth-order valence-corrected chi connectivity index (χ4v) is 21.9. The molecule has 142 heavy (non-hydrogen) atoms. The summed E-state index contributed by atoms with van der Waals surface area (Å²) in [5.41, 5.74) is 30.6. The van der Waals surface area contributed by atoms with Crippen LogP contribution in [-0.4, -0.2) is 161 Å². The molecular weight excluding hydrogens is 1850 g/mol. The molecule has 736 valence electrons. The Hall–Kier alpha value is -13.9. The van der Waals surface area contributed by atoms with Crippen molar-refractivity contribution in [1.82, 2.24) is 57.7 Å². The van der Waals surface area contributed by atoms with Crippen molar-refractivity contribution in [3.63, 3.8) is 0 Å². The predicted molar refractivity (Wildman–Crippen MR) is 560 cm³/mol. The third-order valence-electron chi connectivity index (χ3n) is 28.5. The van der Waals surface area contributed by atoms with Gasteiger partial charge in [-0.25, -0.2) is 14.4 Å². The molecule has 0 bridgehead atoms. The number of aryl methyl sites for hydroxylation is 17. The zero-order valence-electron chi connectivity index (χ0n) is 83.4. The molecule has 3 N–H and O–H groups in total. The second-order valence-corrected chi connectivity index (χ2v) is 39.4. The number of rotatable bonds is 28. The van der Waals surface area contributed by atoms with Gasteiger partial charge in [0.15, 0.2) is 0 Å². The number of anilines is 1. The zero-order valence-corrected chi connectivity index (χ0v) is 85.7. The van der Waals surface area contributed by atoms with E-state index in [-0.39, 0.29) is 28.8 Å². The Morgan fingerprint density at radius 3 is 0.986 bits per heavy atom. The van der Waals surface area contributed by atoms with Crippen LogP contribution in [0.25, 0.3) is 66.1 Å². The summed E-state index contributed by atoms with van der Waals surface area (Å²) >= 11 is 19.1. The summed E-state index contributed by atoms with van der Waals surface area (Å²) in [5, 5.41) is 48.7. The molecule has 1 fully saturated rings. The summed E-state index contributed by atoms with van der Waals surface area (Å²) in [6.07, 6.45) is 7.81. The smallest absolute Gasteiger partial charge is 0.337 e. The van der Waals surface area contributed by atoms with Crippen molar-refractivity contribution in [2.75, 3.05) is 57.4 Å². The molecule has 0 atom stereocenters. The summed E-state index contributed by atoms with van der Waals surface area (Å²) < 4.78 is 30.9. The van der Waals surface area contributed by atoms with E-state index in [2.05, 4.69) is 99.1 Å². The van der Waals surface area contributed by atoms with Crippen molar-refractivity contribution in [2.24, 2.45) is 21.1 Å². The largest absolute Gasteiger partial charge is 0.494 e. The fraction of sp³-hybridized carbons (Fsp3) is 0.342. The highest BCUT2D eigenvalue weighted by atomic mass is 35.5. The van der Waals surface area contributed by atoms with E-state index >= 15 is 0 Å². The zero-order chi connectivity index (χ0) is 101. The third kappa shape index (κ3) is 20.0. The molecule has 4 aliphatic heterocycles. The lowest BCUT2D eigenvalue weighted by Gasteiger charge is -2.30. The number of hydrogen-bond donors (Lipinski definition) is 3. The minimum absolute atomic E-state index is 0.0327. The third-order valence-corrected chi connectivity index (χ3v) is 30.3. The van der Waals surface area contributed by atoms with Crippen LogP contribution in [0.1, 0.15) is 208 Å². The number of aromatic nitrogens is 9. The first-order valence-electron chi connectivity index (χ1n) is 48.9. The van der Waals surface area contributed by atoms with Crippen LogP contribution in [0.3, 0.4) is 0 Å². The van der Waals surface area contributed by atoms with Gasteiger partial charge in [0.05, 0.1) is 75.8 Å². The lowest BCUT2D eigenvalue weighted by atomic mass is 9.98. The molecule has 28 heteroatoms. The number of carbonyl (C=O) groups is 6. The van der Waals surface area contributed by atoms with E-state index in [1.165, 1.54) is 0 Å². The Kier molecular flexibility index (Phi) is 29.6. The van der Waals surface area contributed by atoms with Crippen molar-refractivity contribution in [3.05, 3.63) is 307 Å². The number of para-hydroxylation sites is 3. The highest BCUT2D eigenvalue weighted by molar-refractivity contribution is 6.33. The van der Waals surface area contributed by atoms with E-state index in [1.54, 1.807) is 42.5 Å². The van der Waals surface area contributed by atoms with E-state index in [4.69, 9.17) is 59.2 Å². The Bertz CT molecular complexity index is 7440. The first-order valence-corrected chi connectivity index (χ1v) is 50.0. The molecular formula is C114H122Cl3N13O12. The summed E-state index contributed by atoms with van der Waals surface area (Å²) in [6.45, 7) is 32.1. The quantitative estimate of drug-likeness (QED) is 0.0385. The van der Waals surface area contributed by atoms with Crippen LogP contribution < -0.4 is 19.1 Å². The van der Waals surface area contributed by atoms with Crippen LogP contribution in [0.5, 0.6) is 17.2 Å². The SMILES string of the molecule is Cc1cc(OCCCc2c3n(c4c(-c5c(C)nn(C)c5C)cccc24)CCCN(Cc2ccc(N4CCCC4)c(C(=O)O)c2)C3=O)cc(C)c1Cl.Cc1cc(OCCCc2c3n(c4c(-c5c(C)nn(C)c5C)cccc24)CCCN(Cc2cccc(C(=O)O)c2)C3=O)cc(C)c1Cl.Cc1cc(OCCCc2c3n(c4c(-c5c(C)nn(C)c5C)cccc24)CCN(Cc2cccc(C(=O)O)c2)C3=O)cc(C)c1Cl. The van der Waals surface area contributed by atoms with Crippen molar-refractivity contribution in [3.8, 4) is 50.6 Å². The molecule has 19 rings (SSSR count). The number of halogens is 3. The Balaban J connectivity index is 0.000000147. The highest BCUT2D eigenvalue weighted by Crippen LogP contribution is 2.45. The number of amides is 3. The molecule has 0 saturated carbocycles. The van der Waals surface area contributed by atoms with E-state index in [9.17, 15) is 44.1 Å². The second-order valence-electron chi connectivity index (χ2n) is 38.3. The van der Waals surface area contributed by atoms with Gasteiger partial charge in [0.2, 0.25) is 0 Å². The number of fused-ring (bicyclic) bond motifs is 9. The monoisotopic (exact) mass is 1970 g/mol. The van der Waals surface area contributed by atoms with Crippen LogP contribution in [0, 0.1) is 83.1 Å². The lowest BCUT2D eigenvalue weighted by molar-refractivity contribution is 0.0681. The maximum atomic E-state index is 14.8.